The second kappa shape index (κ2) is 6.45. The van der Waals surface area contributed by atoms with Gasteiger partial charge in [0.2, 0.25) is 5.95 Å². The molecule has 0 amide bonds. The Bertz CT molecular complexity index is 859. The molecule has 0 saturated carbocycles. The first-order valence-electron chi connectivity index (χ1n) is 8.23. The van der Waals surface area contributed by atoms with E-state index in [1.54, 1.807) is 0 Å². The quantitative estimate of drug-likeness (QED) is 0.800. The van der Waals surface area contributed by atoms with Crippen molar-refractivity contribution in [3.63, 3.8) is 0 Å². The fourth-order valence-corrected chi connectivity index (χ4v) is 2.97. The van der Waals surface area contributed by atoms with Crippen LogP contribution in [0.25, 0.3) is 10.9 Å². The van der Waals surface area contributed by atoms with E-state index in [1.807, 2.05) is 36.4 Å². The minimum absolute atomic E-state index is 0.629. The summed E-state index contributed by atoms with van der Waals surface area (Å²) in [7, 11) is 0. The Kier molecular flexibility index (Phi) is 4.01. The van der Waals surface area contributed by atoms with Crippen LogP contribution in [0.4, 0.5) is 17.5 Å². The van der Waals surface area contributed by atoms with E-state index < -0.39 is 0 Å². The minimum atomic E-state index is 0.629. The summed E-state index contributed by atoms with van der Waals surface area (Å²) in [6.45, 7) is 5.25. The maximum Gasteiger partial charge on any atom is 0.229 e. The highest BCUT2D eigenvalue weighted by Crippen LogP contribution is 2.27. The third kappa shape index (κ3) is 2.90. The number of nitrogens with one attached hydrogen (secondary N) is 1. The molecule has 1 fully saturated rings. The van der Waals surface area contributed by atoms with Crippen molar-refractivity contribution in [1.29, 1.82) is 0 Å². The van der Waals surface area contributed by atoms with Gasteiger partial charge >= 0.3 is 0 Å². The van der Waals surface area contributed by atoms with Gasteiger partial charge < -0.3 is 15.0 Å². The number of para-hydroxylation sites is 2. The molecule has 0 aliphatic carbocycles. The predicted molar refractivity (Wildman–Crippen MR) is 97.0 cm³/mol. The third-order valence-electron chi connectivity index (χ3n) is 4.29. The zero-order valence-corrected chi connectivity index (χ0v) is 13.7. The van der Waals surface area contributed by atoms with E-state index in [2.05, 4.69) is 34.3 Å². The fourth-order valence-electron chi connectivity index (χ4n) is 2.97. The molecule has 4 rings (SSSR count). The number of hydrogen-bond donors (Lipinski definition) is 1. The van der Waals surface area contributed by atoms with E-state index in [0.717, 1.165) is 48.7 Å². The molecule has 0 unspecified atom stereocenters. The number of aromatic nitrogens is 2. The Hall–Kier alpha value is -2.66. The lowest BCUT2D eigenvalue weighted by Gasteiger charge is -2.29. The topological polar surface area (TPSA) is 50.3 Å². The van der Waals surface area contributed by atoms with E-state index in [-0.39, 0.29) is 0 Å². The van der Waals surface area contributed by atoms with Crippen LogP contribution in [0.3, 0.4) is 0 Å². The Morgan fingerprint density at radius 2 is 1.71 bits per heavy atom. The molecular weight excluding hydrogens is 300 g/mol. The summed E-state index contributed by atoms with van der Waals surface area (Å²) in [5.74, 6) is 1.60. The van der Waals surface area contributed by atoms with Gasteiger partial charge in [0.15, 0.2) is 0 Å². The van der Waals surface area contributed by atoms with E-state index in [0.29, 0.717) is 5.95 Å². The molecule has 1 N–H and O–H groups in total. The Labute approximate surface area is 141 Å². The molecule has 0 bridgehead atoms. The van der Waals surface area contributed by atoms with Crippen LogP contribution in [-0.4, -0.2) is 36.3 Å². The van der Waals surface area contributed by atoms with E-state index >= 15 is 0 Å². The molecule has 24 heavy (non-hydrogen) atoms. The zero-order valence-electron chi connectivity index (χ0n) is 13.7. The van der Waals surface area contributed by atoms with Crippen LogP contribution in [0.15, 0.2) is 48.5 Å². The number of anilines is 3. The van der Waals surface area contributed by atoms with Crippen molar-refractivity contribution in [2.24, 2.45) is 0 Å². The maximum atomic E-state index is 5.47. The van der Waals surface area contributed by atoms with Gasteiger partial charge in [-0.3, -0.25) is 0 Å². The highest BCUT2D eigenvalue weighted by molar-refractivity contribution is 5.90. The normalized spacial score (nSPS) is 14.8. The lowest BCUT2D eigenvalue weighted by Crippen LogP contribution is -2.37. The van der Waals surface area contributed by atoms with Crippen molar-refractivity contribution in [3.05, 3.63) is 54.1 Å². The maximum absolute atomic E-state index is 5.47. The van der Waals surface area contributed by atoms with Crippen LogP contribution in [0, 0.1) is 6.92 Å². The molecule has 1 aliphatic heterocycles. The van der Waals surface area contributed by atoms with Crippen molar-refractivity contribution >= 4 is 28.4 Å². The Morgan fingerprint density at radius 1 is 0.958 bits per heavy atom. The summed E-state index contributed by atoms with van der Waals surface area (Å²) in [6, 6.07) is 16.3. The smallest absolute Gasteiger partial charge is 0.229 e. The van der Waals surface area contributed by atoms with Crippen LogP contribution in [0.2, 0.25) is 0 Å². The third-order valence-corrected chi connectivity index (χ3v) is 4.29. The van der Waals surface area contributed by atoms with Crippen molar-refractivity contribution in [1.82, 2.24) is 9.97 Å². The number of morpholine rings is 1. The average Bonchev–Trinajstić information content (AvgIpc) is 2.64. The zero-order chi connectivity index (χ0) is 16.4. The SMILES string of the molecule is Cc1ccccc1Nc1nc(N2CCOCC2)c2ccccc2n1. The monoisotopic (exact) mass is 320 g/mol. The predicted octanol–water partition coefficient (Wildman–Crippen LogP) is 3.52. The van der Waals surface area contributed by atoms with Crippen LogP contribution in [0.1, 0.15) is 5.56 Å². The Balaban J connectivity index is 1.77. The fraction of sp³-hybridized carbons (Fsp3) is 0.263. The van der Waals surface area contributed by atoms with Gasteiger partial charge in [0.1, 0.15) is 5.82 Å². The van der Waals surface area contributed by atoms with Crippen molar-refractivity contribution in [3.8, 4) is 0 Å². The molecule has 3 aromatic rings. The van der Waals surface area contributed by atoms with Gasteiger partial charge in [-0.05, 0) is 30.7 Å². The van der Waals surface area contributed by atoms with Gasteiger partial charge in [0.05, 0.1) is 18.7 Å². The number of ether oxygens (including phenoxy) is 1. The first kappa shape index (κ1) is 14.9. The number of rotatable bonds is 3. The summed E-state index contributed by atoms with van der Waals surface area (Å²) in [5.41, 5.74) is 3.15. The molecule has 2 aromatic carbocycles. The Morgan fingerprint density at radius 3 is 2.54 bits per heavy atom. The van der Waals surface area contributed by atoms with Crippen LogP contribution in [-0.2, 0) is 4.74 Å². The first-order chi connectivity index (χ1) is 11.8. The largest absolute Gasteiger partial charge is 0.378 e. The second-order valence-corrected chi connectivity index (χ2v) is 5.93. The van der Waals surface area contributed by atoms with Gasteiger partial charge in [-0.25, -0.2) is 4.98 Å². The van der Waals surface area contributed by atoms with Crippen molar-refractivity contribution in [2.45, 2.75) is 6.92 Å². The molecule has 122 valence electrons. The lowest BCUT2D eigenvalue weighted by atomic mass is 10.2. The summed E-state index contributed by atoms with van der Waals surface area (Å²) in [5, 5.41) is 4.44. The van der Waals surface area contributed by atoms with Crippen LogP contribution < -0.4 is 10.2 Å². The number of aryl methyl sites for hydroxylation is 1. The molecule has 5 nitrogen and oxygen atoms in total. The molecule has 5 heteroatoms. The van der Waals surface area contributed by atoms with Gasteiger partial charge in [-0.1, -0.05) is 30.3 Å². The van der Waals surface area contributed by atoms with Gasteiger partial charge in [0.25, 0.3) is 0 Å². The molecule has 2 heterocycles. The molecule has 0 atom stereocenters. The summed E-state index contributed by atoms with van der Waals surface area (Å²) in [4.78, 5) is 11.8. The molecule has 1 aliphatic rings. The molecule has 0 spiro atoms. The van der Waals surface area contributed by atoms with E-state index in [9.17, 15) is 0 Å². The van der Waals surface area contributed by atoms with Crippen LogP contribution >= 0.6 is 0 Å². The van der Waals surface area contributed by atoms with E-state index in [4.69, 9.17) is 9.72 Å². The minimum Gasteiger partial charge on any atom is -0.378 e. The first-order valence-corrected chi connectivity index (χ1v) is 8.23. The van der Waals surface area contributed by atoms with Gasteiger partial charge in [-0.2, -0.15) is 4.98 Å². The van der Waals surface area contributed by atoms with Crippen molar-refractivity contribution in [2.75, 3.05) is 36.5 Å². The summed E-state index contributed by atoms with van der Waals surface area (Å²) >= 11 is 0. The van der Waals surface area contributed by atoms with Gasteiger partial charge in [0, 0.05) is 24.2 Å². The van der Waals surface area contributed by atoms with E-state index in [1.165, 1.54) is 5.56 Å². The highest BCUT2D eigenvalue weighted by atomic mass is 16.5. The summed E-state index contributed by atoms with van der Waals surface area (Å²) in [6.07, 6.45) is 0. The lowest BCUT2D eigenvalue weighted by molar-refractivity contribution is 0.122. The highest BCUT2D eigenvalue weighted by Gasteiger charge is 2.17. The standard InChI is InChI=1S/C19H20N4O/c1-14-6-2-4-8-16(14)20-19-21-17-9-5-3-7-15(17)18(22-19)23-10-12-24-13-11-23/h2-9H,10-13H2,1H3,(H,20,21,22). The van der Waals surface area contributed by atoms with Gasteiger partial charge in [-0.15, -0.1) is 0 Å². The number of nitrogens with zero attached hydrogens (tertiary/aromatic N) is 3. The molecule has 1 aromatic heterocycles. The molecule has 1 saturated heterocycles. The molecule has 0 radical (unpaired) electrons. The number of benzene rings is 2. The van der Waals surface area contributed by atoms with Crippen LogP contribution in [0.5, 0.6) is 0 Å². The number of fused-ring (bicyclic) bond motifs is 1. The summed E-state index contributed by atoms with van der Waals surface area (Å²) < 4.78 is 5.47. The van der Waals surface area contributed by atoms with Crippen molar-refractivity contribution < 1.29 is 4.74 Å². The second-order valence-electron chi connectivity index (χ2n) is 5.93. The average molecular weight is 320 g/mol. The number of hydrogen-bond acceptors (Lipinski definition) is 5. The molecular formula is C19H20N4O.